The topological polar surface area (TPSA) is 73.0 Å². The zero-order valence-corrected chi connectivity index (χ0v) is 18.9. The van der Waals surface area contributed by atoms with E-state index in [0.29, 0.717) is 33.2 Å². The van der Waals surface area contributed by atoms with Crippen molar-refractivity contribution < 1.29 is 19.4 Å². The van der Waals surface area contributed by atoms with Gasteiger partial charge in [0.1, 0.15) is 5.75 Å². The van der Waals surface area contributed by atoms with Crippen molar-refractivity contribution in [2.75, 3.05) is 14.2 Å². The summed E-state index contributed by atoms with van der Waals surface area (Å²) in [5, 5.41) is 11.0. The van der Waals surface area contributed by atoms with E-state index in [-0.39, 0.29) is 0 Å². The van der Waals surface area contributed by atoms with E-state index in [1.165, 1.54) is 18.4 Å². The maximum absolute atomic E-state index is 12.9. The molecule has 1 fully saturated rings. The molecule has 1 N–H and O–H groups in total. The number of aliphatic hydroxyl groups is 1. The molecule has 0 atom stereocenters. The van der Waals surface area contributed by atoms with E-state index in [2.05, 4.69) is 4.99 Å². The van der Waals surface area contributed by atoms with Gasteiger partial charge >= 0.3 is 0 Å². The van der Waals surface area contributed by atoms with Crippen molar-refractivity contribution in [2.24, 2.45) is 10.9 Å². The van der Waals surface area contributed by atoms with Crippen LogP contribution in [0.5, 0.6) is 5.75 Å². The fraction of sp³-hybridized carbons (Fsp3) is 0.524. The number of methoxy groups -OCH3 is 2. The fourth-order valence-corrected chi connectivity index (χ4v) is 4.93. The van der Waals surface area contributed by atoms with Gasteiger partial charge in [-0.1, -0.05) is 22.9 Å². The van der Waals surface area contributed by atoms with Gasteiger partial charge in [0, 0.05) is 24.4 Å². The lowest BCUT2D eigenvalue weighted by atomic mass is 9.82. The molecule has 0 bridgehead atoms. The number of carbonyl (C=O) groups is 1. The van der Waals surface area contributed by atoms with E-state index < -0.39 is 11.5 Å². The van der Waals surface area contributed by atoms with Crippen molar-refractivity contribution in [1.29, 1.82) is 0 Å². The van der Waals surface area contributed by atoms with Gasteiger partial charge in [-0.3, -0.25) is 4.79 Å². The molecule has 1 aromatic heterocycles. The first kappa shape index (κ1) is 22.0. The van der Waals surface area contributed by atoms with Gasteiger partial charge in [0.15, 0.2) is 4.80 Å². The van der Waals surface area contributed by atoms with E-state index >= 15 is 0 Å². The van der Waals surface area contributed by atoms with Crippen LogP contribution in [-0.2, 0) is 16.9 Å². The van der Waals surface area contributed by atoms with E-state index in [1.807, 2.05) is 11.5 Å². The van der Waals surface area contributed by atoms with Crippen LogP contribution in [0.1, 0.15) is 47.6 Å². The number of nitrogens with zero attached hydrogens (tertiary/aromatic N) is 2. The number of hydrogen-bond donors (Lipinski definition) is 1. The number of rotatable bonds is 6. The van der Waals surface area contributed by atoms with Crippen molar-refractivity contribution in [1.82, 2.24) is 4.57 Å². The highest BCUT2D eigenvalue weighted by atomic mass is 35.5. The summed E-state index contributed by atoms with van der Waals surface area (Å²) in [4.78, 5) is 18.7. The third-order valence-electron chi connectivity index (χ3n) is 5.27. The predicted octanol–water partition coefficient (Wildman–Crippen LogP) is 3.91. The molecular formula is C21H27ClN2O4S. The Hall–Kier alpha value is -1.67. The van der Waals surface area contributed by atoms with Crippen molar-refractivity contribution in [3.05, 3.63) is 44.2 Å². The van der Waals surface area contributed by atoms with Crippen molar-refractivity contribution in [2.45, 2.75) is 51.9 Å². The van der Waals surface area contributed by atoms with Crippen molar-refractivity contribution in [3.63, 3.8) is 0 Å². The third-order valence-corrected chi connectivity index (χ3v) is 7.00. The van der Waals surface area contributed by atoms with Crippen LogP contribution in [0.25, 0.3) is 0 Å². The largest absolute Gasteiger partial charge is 0.496 e. The standard InChI is InChI=1S/C21H27ClN2O4S/c1-12-18(21(2,3)26)29-20(24(12)11-13-8-15(9-13)27-4)23-19(25)16-10-14(22)6-7-17(16)28-5/h6-7,10,13,15,26H,8-9,11H2,1-5H3/b23-20-/t13-,15+. The first-order chi connectivity index (χ1) is 13.6. The zero-order chi connectivity index (χ0) is 21.3. The minimum atomic E-state index is -1.02. The van der Waals surface area contributed by atoms with Crippen LogP contribution in [0.3, 0.4) is 0 Å². The molecule has 29 heavy (non-hydrogen) atoms. The van der Waals surface area contributed by atoms with Gasteiger partial charge < -0.3 is 19.1 Å². The number of carbonyl (C=O) groups excluding carboxylic acids is 1. The highest BCUT2D eigenvalue weighted by Gasteiger charge is 2.31. The number of amides is 1. The summed E-state index contributed by atoms with van der Waals surface area (Å²) in [6, 6.07) is 4.88. The maximum Gasteiger partial charge on any atom is 0.283 e. The number of thiazole rings is 1. The van der Waals surface area contributed by atoms with E-state index in [0.717, 1.165) is 30.0 Å². The molecule has 3 rings (SSSR count). The highest BCUT2D eigenvalue weighted by Crippen LogP contribution is 2.33. The summed E-state index contributed by atoms with van der Waals surface area (Å²) in [6.07, 6.45) is 2.25. The first-order valence-corrected chi connectivity index (χ1v) is 10.7. The van der Waals surface area contributed by atoms with Crippen LogP contribution < -0.4 is 9.54 Å². The number of benzene rings is 1. The summed E-state index contributed by atoms with van der Waals surface area (Å²) in [7, 11) is 3.23. The first-order valence-electron chi connectivity index (χ1n) is 9.52. The lowest BCUT2D eigenvalue weighted by Gasteiger charge is -2.34. The van der Waals surface area contributed by atoms with Crippen molar-refractivity contribution in [3.8, 4) is 5.75 Å². The van der Waals surface area contributed by atoms with Gasteiger partial charge in [-0.2, -0.15) is 4.99 Å². The maximum atomic E-state index is 12.9. The molecule has 0 spiro atoms. The predicted molar refractivity (Wildman–Crippen MR) is 114 cm³/mol. The average molecular weight is 439 g/mol. The molecule has 1 amide bonds. The Morgan fingerprint density at radius 2 is 2.07 bits per heavy atom. The van der Waals surface area contributed by atoms with Gasteiger partial charge in [0.05, 0.1) is 29.3 Å². The Bertz CT molecular complexity index is 968. The van der Waals surface area contributed by atoms with E-state index in [4.69, 9.17) is 21.1 Å². The molecule has 1 aliphatic rings. The minimum absolute atomic E-state index is 0.297. The molecule has 0 aliphatic heterocycles. The number of ether oxygens (including phenoxy) is 2. The lowest BCUT2D eigenvalue weighted by Crippen LogP contribution is -2.35. The summed E-state index contributed by atoms with van der Waals surface area (Å²) >= 11 is 7.40. The normalized spacial score (nSPS) is 19.9. The molecule has 0 unspecified atom stereocenters. The Labute approximate surface area is 179 Å². The Kier molecular flexibility index (Phi) is 6.53. The van der Waals surface area contributed by atoms with Crippen molar-refractivity contribution >= 4 is 28.8 Å². The summed E-state index contributed by atoms with van der Waals surface area (Å²) in [5.74, 6) is 0.454. The minimum Gasteiger partial charge on any atom is -0.496 e. The van der Waals surface area contributed by atoms with E-state index in [1.54, 1.807) is 39.2 Å². The van der Waals surface area contributed by atoms with Gasteiger partial charge in [0.25, 0.3) is 5.91 Å². The van der Waals surface area contributed by atoms with Gasteiger partial charge in [-0.15, -0.1) is 0 Å². The van der Waals surface area contributed by atoms with Gasteiger partial charge in [-0.05, 0) is 57.7 Å². The molecular weight excluding hydrogens is 412 g/mol. The number of hydrogen-bond acceptors (Lipinski definition) is 5. The molecule has 2 aromatic rings. The van der Waals surface area contributed by atoms with Crippen LogP contribution >= 0.6 is 22.9 Å². The smallest absolute Gasteiger partial charge is 0.283 e. The van der Waals surface area contributed by atoms with Crippen LogP contribution in [0.4, 0.5) is 0 Å². The number of halogens is 1. The van der Waals surface area contributed by atoms with Gasteiger partial charge in [0.2, 0.25) is 0 Å². The van der Waals surface area contributed by atoms with Crippen LogP contribution in [0.15, 0.2) is 23.2 Å². The lowest BCUT2D eigenvalue weighted by molar-refractivity contribution is -0.00491. The molecule has 8 heteroatoms. The quantitative estimate of drug-likeness (QED) is 0.742. The van der Waals surface area contributed by atoms with Crippen LogP contribution in [0, 0.1) is 12.8 Å². The molecule has 1 heterocycles. The molecule has 158 valence electrons. The Morgan fingerprint density at radius 1 is 1.38 bits per heavy atom. The summed E-state index contributed by atoms with van der Waals surface area (Å²) in [6.45, 7) is 6.18. The highest BCUT2D eigenvalue weighted by molar-refractivity contribution is 7.09. The molecule has 6 nitrogen and oxygen atoms in total. The zero-order valence-electron chi connectivity index (χ0n) is 17.4. The van der Waals surface area contributed by atoms with Crippen LogP contribution in [-0.4, -0.2) is 35.9 Å². The monoisotopic (exact) mass is 438 g/mol. The second-order valence-electron chi connectivity index (χ2n) is 7.93. The Balaban J connectivity index is 2.03. The summed E-state index contributed by atoms with van der Waals surface area (Å²) < 4.78 is 12.7. The SMILES string of the molecule is COc1ccc(Cl)cc1C(=O)/N=c1\sc(C(C)(C)O)c(C)n1C[C@H]1C[C@@H](OC)C1. The molecule has 1 aliphatic carbocycles. The molecule has 0 saturated heterocycles. The van der Waals surface area contributed by atoms with E-state index in [9.17, 15) is 9.90 Å². The van der Waals surface area contributed by atoms with Crippen LogP contribution in [0.2, 0.25) is 5.02 Å². The summed E-state index contributed by atoms with van der Waals surface area (Å²) in [5.41, 5.74) is 0.217. The Morgan fingerprint density at radius 3 is 2.66 bits per heavy atom. The average Bonchev–Trinajstić information content (AvgIpc) is 2.93. The molecule has 1 saturated carbocycles. The fourth-order valence-electron chi connectivity index (χ4n) is 3.62. The second kappa shape index (κ2) is 8.60. The number of aromatic nitrogens is 1. The van der Waals surface area contributed by atoms with Gasteiger partial charge in [-0.25, -0.2) is 0 Å². The second-order valence-corrected chi connectivity index (χ2v) is 9.34. The third kappa shape index (κ3) is 4.74. The molecule has 0 radical (unpaired) electrons. The molecule has 1 aromatic carbocycles.